The second kappa shape index (κ2) is 8.78. The molecule has 0 aliphatic carbocycles. The summed E-state index contributed by atoms with van der Waals surface area (Å²) in [7, 11) is 1.37. The predicted molar refractivity (Wildman–Crippen MR) is 103 cm³/mol. The van der Waals surface area contributed by atoms with Gasteiger partial charge in [0.2, 0.25) is 0 Å². The molecule has 1 amide bonds. The van der Waals surface area contributed by atoms with Gasteiger partial charge in [-0.3, -0.25) is 19.7 Å². The molecule has 9 nitrogen and oxygen atoms in total. The summed E-state index contributed by atoms with van der Waals surface area (Å²) in [5.74, 6) is -0.951. The van der Waals surface area contributed by atoms with Gasteiger partial charge < -0.3 is 19.5 Å². The summed E-state index contributed by atoms with van der Waals surface area (Å²) in [5.41, 5.74) is 0.420. The molecule has 29 heavy (non-hydrogen) atoms. The van der Waals surface area contributed by atoms with Crippen LogP contribution < -0.4 is 14.8 Å². The molecule has 1 atom stereocenters. The van der Waals surface area contributed by atoms with Gasteiger partial charge in [0.25, 0.3) is 11.6 Å². The molecule has 0 spiro atoms. The molecule has 0 bridgehead atoms. The van der Waals surface area contributed by atoms with Crippen molar-refractivity contribution < 1.29 is 28.7 Å². The fraction of sp³-hybridized carbons (Fsp3) is 0.263. The summed E-state index contributed by atoms with van der Waals surface area (Å²) in [6.07, 6.45) is 0.375. The molecule has 0 radical (unpaired) electrons. The standard InChI is InChI=1S/C19H17ClN2O7/c1-27-14-3-4-15(16(8-14)22(25)26)21-18(23)10-29-19(24)12-6-11-7-13(20)2-5-17(11)28-9-12/h2-5,7-8,12H,6,9-10H2,1H3,(H,21,23). The van der Waals surface area contributed by atoms with Crippen molar-refractivity contribution in [2.75, 3.05) is 25.6 Å². The lowest BCUT2D eigenvalue weighted by atomic mass is 9.97. The van der Waals surface area contributed by atoms with E-state index in [0.717, 1.165) is 5.56 Å². The smallest absolute Gasteiger partial charge is 0.313 e. The van der Waals surface area contributed by atoms with Gasteiger partial charge in [-0.1, -0.05) is 11.6 Å². The first-order valence-electron chi connectivity index (χ1n) is 8.57. The molecule has 0 fully saturated rings. The largest absolute Gasteiger partial charge is 0.496 e. The monoisotopic (exact) mass is 420 g/mol. The number of carbonyl (C=O) groups excluding carboxylic acids is 2. The number of hydrogen-bond acceptors (Lipinski definition) is 7. The Morgan fingerprint density at radius 2 is 2.10 bits per heavy atom. The Balaban J connectivity index is 1.57. The molecule has 10 heteroatoms. The molecule has 1 heterocycles. The Hall–Kier alpha value is -3.33. The van der Waals surface area contributed by atoms with Crippen LogP contribution >= 0.6 is 11.6 Å². The van der Waals surface area contributed by atoms with Crippen molar-refractivity contribution in [3.63, 3.8) is 0 Å². The minimum Gasteiger partial charge on any atom is -0.496 e. The highest BCUT2D eigenvalue weighted by Crippen LogP contribution is 2.31. The van der Waals surface area contributed by atoms with Crippen LogP contribution in [0.1, 0.15) is 5.56 Å². The molecular weight excluding hydrogens is 404 g/mol. The summed E-state index contributed by atoms with van der Waals surface area (Å²) >= 11 is 5.96. The number of hydrogen-bond donors (Lipinski definition) is 1. The number of benzene rings is 2. The second-order valence-electron chi connectivity index (χ2n) is 6.26. The quantitative estimate of drug-likeness (QED) is 0.433. The van der Waals surface area contributed by atoms with Crippen LogP contribution in [0.4, 0.5) is 11.4 Å². The van der Waals surface area contributed by atoms with E-state index in [1.165, 1.54) is 25.3 Å². The van der Waals surface area contributed by atoms with Crippen LogP contribution in [0.3, 0.4) is 0 Å². The van der Waals surface area contributed by atoms with Gasteiger partial charge in [-0.2, -0.15) is 0 Å². The van der Waals surface area contributed by atoms with E-state index in [1.54, 1.807) is 18.2 Å². The summed E-state index contributed by atoms with van der Waals surface area (Å²) < 4.78 is 15.5. The minimum absolute atomic E-state index is 0.0265. The normalized spacial score (nSPS) is 14.9. The third kappa shape index (κ3) is 4.94. The van der Waals surface area contributed by atoms with Crippen LogP contribution in [0.2, 0.25) is 5.02 Å². The van der Waals surface area contributed by atoms with E-state index < -0.39 is 29.3 Å². The molecule has 1 N–H and O–H groups in total. The van der Waals surface area contributed by atoms with E-state index in [4.69, 9.17) is 25.8 Å². The van der Waals surface area contributed by atoms with Gasteiger partial charge >= 0.3 is 5.97 Å². The average molecular weight is 421 g/mol. The fourth-order valence-electron chi connectivity index (χ4n) is 2.85. The molecule has 152 valence electrons. The van der Waals surface area contributed by atoms with Crippen molar-refractivity contribution in [3.05, 3.63) is 57.1 Å². The number of rotatable bonds is 6. The van der Waals surface area contributed by atoms with Crippen LogP contribution in [0.25, 0.3) is 0 Å². The SMILES string of the molecule is COc1ccc(NC(=O)COC(=O)C2COc3ccc(Cl)cc3C2)c([N+](=O)[O-])c1. The fourth-order valence-corrected chi connectivity index (χ4v) is 3.05. The number of nitro benzene ring substituents is 1. The van der Waals surface area contributed by atoms with E-state index >= 15 is 0 Å². The Morgan fingerprint density at radius 1 is 1.31 bits per heavy atom. The number of ether oxygens (including phenoxy) is 3. The summed E-state index contributed by atoms with van der Waals surface area (Å²) in [4.78, 5) is 34.9. The van der Waals surface area contributed by atoms with E-state index in [9.17, 15) is 19.7 Å². The number of halogens is 1. The maximum Gasteiger partial charge on any atom is 0.313 e. The maximum atomic E-state index is 12.3. The first-order valence-corrected chi connectivity index (χ1v) is 8.95. The molecule has 2 aromatic carbocycles. The van der Waals surface area contributed by atoms with E-state index in [1.807, 2.05) is 0 Å². The van der Waals surface area contributed by atoms with Crippen molar-refractivity contribution in [2.24, 2.45) is 5.92 Å². The second-order valence-corrected chi connectivity index (χ2v) is 6.70. The van der Waals surface area contributed by atoms with Crippen molar-refractivity contribution in [1.29, 1.82) is 0 Å². The zero-order chi connectivity index (χ0) is 21.0. The maximum absolute atomic E-state index is 12.3. The minimum atomic E-state index is -0.702. The molecule has 1 aliphatic rings. The van der Waals surface area contributed by atoms with Gasteiger partial charge in [0, 0.05) is 5.02 Å². The molecule has 1 unspecified atom stereocenters. The highest BCUT2D eigenvalue weighted by atomic mass is 35.5. The number of amides is 1. The van der Waals surface area contributed by atoms with E-state index in [0.29, 0.717) is 17.2 Å². The van der Waals surface area contributed by atoms with Gasteiger partial charge in [-0.05, 0) is 42.3 Å². The topological polar surface area (TPSA) is 117 Å². The van der Waals surface area contributed by atoms with Gasteiger partial charge in [-0.25, -0.2) is 0 Å². The lowest BCUT2D eigenvalue weighted by Gasteiger charge is -2.24. The van der Waals surface area contributed by atoms with Crippen LogP contribution in [0.15, 0.2) is 36.4 Å². The summed E-state index contributed by atoms with van der Waals surface area (Å²) in [6, 6.07) is 9.13. The summed E-state index contributed by atoms with van der Waals surface area (Å²) in [6.45, 7) is -0.458. The van der Waals surface area contributed by atoms with Crippen molar-refractivity contribution in [2.45, 2.75) is 6.42 Å². The van der Waals surface area contributed by atoms with Gasteiger partial charge in [0.05, 0.1) is 24.0 Å². The third-order valence-corrected chi connectivity index (χ3v) is 4.52. The van der Waals surface area contributed by atoms with Crippen molar-refractivity contribution in [3.8, 4) is 11.5 Å². The van der Waals surface area contributed by atoms with Gasteiger partial charge in [0.15, 0.2) is 6.61 Å². The Kier molecular flexibility index (Phi) is 6.18. The number of nitrogens with zero attached hydrogens (tertiary/aromatic N) is 1. The highest BCUT2D eigenvalue weighted by Gasteiger charge is 2.28. The molecule has 2 aromatic rings. The Bertz CT molecular complexity index is 964. The van der Waals surface area contributed by atoms with E-state index in [2.05, 4.69) is 5.32 Å². The molecule has 1 aliphatic heterocycles. The van der Waals surface area contributed by atoms with Crippen molar-refractivity contribution in [1.82, 2.24) is 0 Å². The molecule has 0 aromatic heterocycles. The predicted octanol–water partition coefficient (Wildman–Crippen LogP) is 2.99. The van der Waals surface area contributed by atoms with Crippen molar-refractivity contribution >= 4 is 34.9 Å². The Morgan fingerprint density at radius 3 is 2.83 bits per heavy atom. The molecule has 0 saturated carbocycles. The summed E-state index contributed by atoms with van der Waals surface area (Å²) in [5, 5.41) is 14.1. The van der Waals surface area contributed by atoms with E-state index in [-0.39, 0.29) is 23.7 Å². The number of fused-ring (bicyclic) bond motifs is 1. The van der Waals surface area contributed by atoms with Gasteiger partial charge in [-0.15, -0.1) is 0 Å². The number of anilines is 1. The lowest BCUT2D eigenvalue weighted by molar-refractivity contribution is -0.384. The zero-order valence-electron chi connectivity index (χ0n) is 15.3. The van der Waals surface area contributed by atoms with Crippen LogP contribution in [-0.4, -0.2) is 37.1 Å². The van der Waals surface area contributed by atoms with Crippen LogP contribution in [-0.2, 0) is 20.7 Å². The average Bonchev–Trinajstić information content (AvgIpc) is 2.71. The molecular formula is C19H17ClN2O7. The number of carbonyl (C=O) groups is 2. The number of nitrogens with one attached hydrogen (secondary N) is 1. The number of esters is 1. The number of methoxy groups -OCH3 is 1. The van der Waals surface area contributed by atoms with Crippen LogP contribution in [0.5, 0.6) is 11.5 Å². The first kappa shape index (κ1) is 20.4. The Labute approximate surface area is 170 Å². The van der Waals surface area contributed by atoms with Gasteiger partial charge in [0.1, 0.15) is 23.8 Å². The molecule has 3 rings (SSSR count). The lowest BCUT2D eigenvalue weighted by Crippen LogP contribution is -2.32. The molecule has 0 saturated heterocycles. The highest BCUT2D eigenvalue weighted by molar-refractivity contribution is 6.30. The van der Waals surface area contributed by atoms with Crippen LogP contribution in [0, 0.1) is 16.0 Å². The first-order chi connectivity index (χ1) is 13.9. The zero-order valence-corrected chi connectivity index (χ0v) is 16.1. The number of nitro groups is 1. The third-order valence-electron chi connectivity index (χ3n) is 4.28.